The molecule has 1 aliphatic heterocycles. The third-order valence-corrected chi connectivity index (χ3v) is 6.89. The molecule has 0 spiro atoms. The first-order valence-corrected chi connectivity index (χ1v) is 12.6. The van der Waals surface area contributed by atoms with Crippen molar-refractivity contribution in [2.75, 3.05) is 20.2 Å². The van der Waals surface area contributed by atoms with Crippen molar-refractivity contribution in [3.05, 3.63) is 102 Å². The van der Waals surface area contributed by atoms with Gasteiger partial charge in [0.05, 0.1) is 13.5 Å². The number of methoxy groups -OCH3 is 1. The number of nitrogens with zero attached hydrogens (tertiary/aromatic N) is 2. The van der Waals surface area contributed by atoms with Crippen LogP contribution in [0.4, 0.5) is 0 Å². The number of hydrogen-bond donors (Lipinski definition) is 1. The summed E-state index contributed by atoms with van der Waals surface area (Å²) in [5, 5.41) is 0. The molecule has 2 atom stereocenters. The number of carbonyl (C=O) groups is 3. The van der Waals surface area contributed by atoms with Crippen LogP contribution in [-0.2, 0) is 33.6 Å². The van der Waals surface area contributed by atoms with Crippen molar-refractivity contribution in [3.8, 4) is 5.75 Å². The minimum absolute atomic E-state index is 0.121. The van der Waals surface area contributed by atoms with Crippen molar-refractivity contribution < 1.29 is 19.1 Å². The van der Waals surface area contributed by atoms with Crippen LogP contribution in [0.1, 0.15) is 23.1 Å². The molecular formula is C30H33N3O4. The topological polar surface area (TPSA) is 92.9 Å². The van der Waals surface area contributed by atoms with Crippen molar-refractivity contribution in [2.45, 2.75) is 37.8 Å². The Bertz CT molecular complexity index is 1200. The molecule has 4 rings (SSSR count). The van der Waals surface area contributed by atoms with Gasteiger partial charge in [0.25, 0.3) is 0 Å². The predicted octanol–water partition coefficient (Wildman–Crippen LogP) is 3.01. The van der Waals surface area contributed by atoms with E-state index in [9.17, 15) is 14.4 Å². The van der Waals surface area contributed by atoms with E-state index in [1.807, 2.05) is 84.9 Å². The zero-order chi connectivity index (χ0) is 26.2. The lowest BCUT2D eigenvalue weighted by molar-refractivity contribution is -0.143. The molecule has 2 N–H and O–H groups in total. The average Bonchev–Trinajstić information content (AvgIpc) is 3.02. The molecule has 37 heavy (non-hydrogen) atoms. The fraction of sp³-hybridized carbons (Fsp3) is 0.300. The molecule has 1 aliphatic rings. The first-order chi connectivity index (χ1) is 18.0. The van der Waals surface area contributed by atoms with E-state index in [4.69, 9.17) is 10.5 Å². The Hall–Kier alpha value is -4.13. The van der Waals surface area contributed by atoms with Gasteiger partial charge in [-0.05, 0) is 41.7 Å². The molecule has 7 nitrogen and oxygen atoms in total. The summed E-state index contributed by atoms with van der Waals surface area (Å²) in [6.45, 7) is 0.660. The minimum atomic E-state index is -0.988. The second-order valence-electron chi connectivity index (χ2n) is 9.28. The molecule has 3 aromatic carbocycles. The molecule has 2 unspecified atom stereocenters. The van der Waals surface area contributed by atoms with Crippen LogP contribution < -0.4 is 10.5 Å². The second-order valence-corrected chi connectivity index (χ2v) is 9.28. The molecule has 1 saturated heterocycles. The monoisotopic (exact) mass is 499 g/mol. The SMILES string of the molecule is COc1ccc(CCN2C(=O)C(Cc3ccccc3)N(CCc3ccccc3)C(=O)CC2C(N)=O)cc1. The fourth-order valence-electron chi connectivity index (χ4n) is 4.82. The molecule has 3 amide bonds. The van der Waals surface area contributed by atoms with E-state index in [0.29, 0.717) is 25.8 Å². The zero-order valence-electron chi connectivity index (χ0n) is 21.1. The zero-order valence-corrected chi connectivity index (χ0v) is 21.1. The average molecular weight is 500 g/mol. The number of nitrogens with two attached hydrogens (primary N) is 1. The molecule has 0 aliphatic carbocycles. The number of carbonyl (C=O) groups excluding carboxylic acids is 3. The fourth-order valence-corrected chi connectivity index (χ4v) is 4.82. The van der Waals surface area contributed by atoms with Crippen molar-refractivity contribution >= 4 is 17.7 Å². The van der Waals surface area contributed by atoms with Gasteiger partial charge in [0.2, 0.25) is 17.7 Å². The van der Waals surface area contributed by atoms with Gasteiger partial charge < -0.3 is 20.3 Å². The summed E-state index contributed by atoms with van der Waals surface area (Å²) < 4.78 is 5.23. The summed E-state index contributed by atoms with van der Waals surface area (Å²) >= 11 is 0. The molecular weight excluding hydrogens is 466 g/mol. The highest BCUT2D eigenvalue weighted by atomic mass is 16.5. The minimum Gasteiger partial charge on any atom is -0.497 e. The Labute approximate surface area is 217 Å². The van der Waals surface area contributed by atoms with Gasteiger partial charge in [0.1, 0.15) is 17.8 Å². The van der Waals surface area contributed by atoms with Crippen molar-refractivity contribution in [1.29, 1.82) is 0 Å². The standard InChI is InChI=1S/C30H33N3O4/c1-37-25-14-12-23(13-15-25)17-19-33-26(29(31)35)21-28(34)32(18-16-22-8-4-2-5-9-22)27(30(33)36)20-24-10-6-3-7-11-24/h2-15,26-27H,16-21H2,1H3,(H2,31,35). The number of rotatable bonds is 10. The van der Waals surface area contributed by atoms with Crippen LogP contribution >= 0.6 is 0 Å². The lowest BCUT2D eigenvalue weighted by atomic mass is 10.0. The Balaban J connectivity index is 1.62. The van der Waals surface area contributed by atoms with E-state index in [1.54, 1.807) is 12.0 Å². The Kier molecular flexibility index (Phi) is 8.56. The Morgan fingerprint density at radius 3 is 1.92 bits per heavy atom. The van der Waals surface area contributed by atoms with Crippen LogP contribution in [0.3, 0.4) is 0 Å². The van der Waals surface area contributed by atoms with Crippen LogP contribution in [0, 0.1) is 0 Å². The van der Waals surface area contributed by atoms with Crippen LogP contribution in [0.15, 0.2) is 84.9 Å². The molecule has 1 fully saturated rings. The van der Waals surface area contributed by atoms with Crippen LogP contribution in [0.2, 0.25) is 0 Å². The smallest absolute Gasteiger partial charge is 0.246 e. The quantitative estimate of drug-likeness (QED) is 0.464. The van der Waals surface area contributed by atoms with Crippen LogP contribution in [-0.4, -0.2) is 59.8 Å². The summed E-state index contributed by atoms with van der Waals surface area (Å²) in [6, 6.07) is 25.4. The first kappa shape index (κ1) is 25.9. The Morgan fingerprint density at radius 1 is 0.811 bits per heavy atom. The van der Waals surface area contributed by atoms with Crippen molar-refractivity contribution in [2.24, 2.45) is 5.73 Å². The Morgan fingerprint density at radius 2 is 1.35 bits per heavy atom. The molecule has 0 aromatic heterocycles. The van der Waals surface area contributed by atoms with Gasteiger partial charge in [-0.3, -0.25) is 14.4 Å². The summed E-state index contributed by atoms with van der Waals surface area (Å²) in [6.07, 6.45) is 1.38. The highest BCUT2D eigenvalue weighted by Gasteiger charge is 2.42. The van der Waals surface area contributed by atoms with Crippen molar-refractivity contribution in [3.63, 3.8) is 0 Å². The highest BCUT2D eigenvalue weighted by molar-refractivity contribution is 5.97. The second kappa shape index (κ2) is 12.2. The molecule has 1 heterocycles. The lowest BCUT2D eigenvalue weighted by Crippen LogP contribution is -2.53. The van der Waals surface area contributed by atoms with Crippen LogP contribution in [0.5, 0.6) is 5.75 Å². The largest absolute Gasteiger partial charge is 0.497 e. The third kappa shape index (κ3) is 6.55. The molecule has 0 saturated carbocycles. The lowest BCUT2D eigenvalue weighted by Gasteiger charge is -2.32. The summed E-state index contributed by atoms with van der Waals surface area (Å²) in [4.78, 5) is 43.2. The molecule has 7 heteroatoms. The van der Waals surface area contributed by atoms with E-state index in [2.05, 4.69) is 0 Å². The molecule has 0 bridgehead atoms. The number of amides is 3. The van der Waals surface area contributed by atoms with Crippen molar-refractivity contribution in [1.82, 2.24) is 9.80 Å². The van der Waals surface area contributed by atoms with Gasteiger partial charge in [-0.25, -0.2) is 0 Å². The van der Waals surface area contributed by atoms with Gasteiger partial charge in [-0.1, -0.05) is 72.8 Å². The normalized spacial score (nSPS) is 18.0. The summed E-state index contributed by atoms with van der Waals surface area (Å²) in [7, 11) is 1.61. The predicted molar refractivity (Wildman–Crippen MR) is 142 cm³/mol. The molecule has 0 radical (unpaired) electrons. The highest BCUT2D eigenvalue weighted by Crippen LogP contribution is 2.23. The third-order valence-electron chi connectivity index (χ3n) is 6.89. The van der Waals surface area contributed by atoms with Gasteiger partial charge >= 0.3 is 0 Å². The maximum absolute atomic E-state index is 14.1. The first-order valence-electron chi connectivity index (χ1n) is 12.6. The van der Waals surface area contributed by atoms with E-state index >= 15 is 0 Å². The van der Waals surface area contributed by atoms with E-state index < -0.39 is 18.0 Å². The van der Waals surface area contributed by atoms with Crippen LogP contribution in [0.25, 0.3) is 0 Å². The molecule has 192 valence electrons. The summed E-state index contributed by atoms with van der Waals surface area (Å²) in [5.41, 5.74) is 8.77. The summed E-state index contributed by atoms with van der Waals surface area (Å²) in [5.74, 6) is -0.409. The maximum Gasteiger partial charge on any atom is 0.246 e. The van der Waals surface area contributed by atoms with E-state index in [-0.39, 0.29) is 24.8 Å². The van der Waals surface area contributed by atoms with E-state index in [0.717, 1.165) is 22.4 Å². The maximum atomic E-state index is 14.1. The number of hydrogen-bond acceptors (Lipinski definition) is 4. The number of primary amides is 1. The van der Waals surface area contributed by atoms with Gasteiger partial charge in [-0.15, -0.1) is 0 Å². The van der Waals surface area contributed by atoms with Gasteiger partial charge in [-0.2, -0.15) is 0 Å². The molecule has 3 aromatic rings. The van der Waals surface area contributed by atoms with E-state index in [1.165, 1.54) is 4.90 Å². The number of benzene rings is 3. The number of ether oxygens (including phenoxy) is 1. The van der Waals surface area contributed by atoms with Gasteiger partial charge in [0, 0.05) is 19.5 Å². The van der Waals surface area contributed by atoms with Gasteiger partial charge in [0.15, 0.2) is 0 Å².